The summed E-state index contributed by atoms with van der Waals surface area (Å²) < 4.78 is 0. The minimum Gasteiger partial charge on any atom is -0.236 e. The van der Waals surface area contributed by atoms with Crippen LogP contribution in [0.2, 0.25) is 10.0 Å². The number of nitrogens with zero attached hydrogens (tertiary/aromatic N) is 2. The smallest absolute Gasteiger partial charge is 0.159 e. The Labute approximate surface area is 166 Å². The van der Waals surface area contributed by atoms with E-state index >= 15 is 0 Å². The SMILES string of the molecule is C/C=C/CC1CCC(CCc2cnc(-c3ccc(Cl)c(Cl)c3)nc2)CC1. The first-order chi connectivity index (χ1) is 12.7. The highest BCUT2D eigenvalue weighted by atomic mass is 35.5. The lowest BCUT2D eigenvalue weighted by atomic mass is 9.78. The van der Waals surface area contributed by atoms with Gasteiger partial charge >= 0.3 is 0 Å². The van der Waals surface area contributed by atoms with Gasteiger partial charge in [-0.05, 0) is 74.6 Å². The van der Waals surface area contributed by atoms with Crippen molar-refractivity contribution in [1.29, 1.82) is 0 Å². The monoisotopic (exact) mass is 388 g/mol. The van der Waals surface area contributed by atoms with E-state index in [0.717, 1.165) is 23.8 Å². The number of aromatic nitrogens is 2. The van der Waals surface area contributed by atoms with Crippen molar-refractivity contribution in [2.75, 3.05) is 0 Å². The summed E-state index contributed by atoms with van der Waals surface area (Å²) in [7, 11) is 0. The van der Waals surface area contributed by atoms with Gasteiger partial charge in [-0.1, -0.05) is 48.2 Å². The molecule has 1 aromatic carbocycles. The number of hydrogen-bond acceptors (Lipinski definition) is 2. The highest BCUT2D eigenvalue weighted by Crippen LogP contribution is 2.33. The van der Waals surface area contributed by atoms with Crippen LogP contribution in [0.4, 0.5) is 0 Å². The van der Waals surface area contributed by atoms with Crippen LogP contribution in [-0.4, -0.2) is 9.97 Å². The maximum Gasteiger partial charge on any atom is 0.159 e. The maximum absolute atomic E-state index is 6.08. The van der Waals surface area contributed by atoms with Crippen molar-refractivity contribution in [1.82, 2.24) is 9.97 Å². The van der Waals surface area contributed by atoms with Crippen molar-refractivity contribution in [3.63, 3.8) is 0 Å². The number of halogens is 2. The molecule has 0 spiro atoms. The van der Waals surface area contributed by atoms with Crippen molar-refractivity contribution >= 4 is 23.2 Å². The predicted octanol–water partition coefficient (Wildman–Crippen LogP) is 7.16. The van der Waals surface area contributed by atoms with E-state index in [0.29, 0.717) is 15.9 Å². The fourth-order valence-electron chi connectivity index (χ4n) is 3.72. The largest absolute Gasteiger partial charge is 0.236 e. The summed E-state index contributed by atoms with van der Waals surface area (Å²) in [4.78, 5) is 9.02. The molecule has 1 saturated carbocycles. The molecule has 0 aliphatic heterocycles. The second-order valence-corrected chi connectivity index (χ2v) is 8.09. The Bertz CT molecular complexity index is 732. The minimum atomic E-state index is 0.530. The van der Waals surface area contributed by atoms with Crippen LogP contribution in [0.25, 0.3) is 11.4 Å². The molecular weight excluding hydrogens is 363 g/mol. The summed E-state index contributed by atoms with van der Waals surface area (Å²) in [6.07, 6.45) is 17.4. The Kier molecular flexibility index (Phi) is 7.10. The van der Waals surface area contributed by atoms with E-state index in [1.807, 2.05) is 24.5 Å². The van der Waals surface area contributed by atoms with Gasteiger partial charge in [-0.15, -0.1) is 0 Å². The van der Waals surface area contributed by atoms with Gasteiger partial charge in [-0.25, -0.2) is 9.97 Å². The fourth-order valence-corrected chi connectivity index (χ4v) is 4.02. The van der Waals surface area contributed by atoms with E-state index in [1.165, 1.54) is 44.1 Å². The first-order valence-electron chi connectivity index (χ1n) is 9.53. The van der Waals surface area contributed by atoms with Gasteiger partial charge in [0.25, 0.3) is 0 Å². The third-order valence-corrected chi connectivity index (χ3v) is 6.13. The van der Waals surface area contributed by atoms with Gasteiger partial charge in [-0.3, -0.25) is 0 Å². The predicted molar refractivity (Wildman–Crippen MR) is 111 cm³/mol. The third kappa shape index (κ3) is 5.31. The summed E-state index contributed by atoms with van der Waals surface area (Å²) in [6, 6.07) is 5.49. The second kappa shape index (κ2) is 9.53. The number of aryl methyl sites for hydroxylation is 1. The Balaban J connectivity index is 1.50. The molecule has 0 bridgehead atoms. The van der Waals surface area contributed by atoms with E-state index in [4.69, 9.17) is 23.2 Å². The van der Waals surface area contributed by atoms with Gasteiger partial charge in [-0.2, -0.15) is 0 Å². The van der Waals surface area contributed by atoms with Crippen LogP contribution in [-0.2, 0) is 6.42 Å². The molecule has 0 unspecified atom stereocenters. The molecule has 2 aromatic rings. The molecule has 26 heavy (non-hydrogen) atoms. The molecular formula is C22H26Cl2N2. The van der Waals surface area contributed by atoms with Crippen LogP contribution in [0, 0.1) is 11.8 Å². The van der Waals surface area contributed by atoms with Gasteiger partial charge in [0.1, 0.15) is 0 Å². The molecule has 0 atom stereocenters. The van der Waals surface area contributed by atoms with Gasteiger partial charge in [0.05, 0.1) is 10.0 Å². The lowest BCUT2D eigenvalue weighted by Crippen LogP contribution is -2.14. The molecule has 0 saturated heterocycles. The van der Waals surface area contributed by atoms with E-state index in [-0.39, 0.29) is 0 Å². The van der Waals surface area contributed by atoms with Gasteiger partial charge in [0, 0.05) is 18.0 Å². The Morgan fingerprint density at radius 3 is 2.35 bits per heavy atom. The molecule has 3 rings (SSSR count). The zero-order chi connectivity index (χ0) is 18.4. The lowest BCUT2D eigenvalue weighted by Gasteiger charge is -2.27. The van der Waals surface area contributed by atoms with Crippen molar-refractivity contribution in [2.45, 2.75) is 51.9 Å². The van der Waals surface area contributed by atoms with Gasteiger partial charge < -0.3 is 0 Å². The third-order valence-electron chi connectivity index (χ3n) is 5.40. The van der Waals surface area contributed by atoms with Crippen LogP contribution in [0.5, 0.6) is 0 Å². The summed E-state index contributed by atoms with van der Waals surface area (Å²) >= 11 is 12.0. The van der Waals surface area contributed by atoms with E-state index in [1.54, 1.807) is 6.07 Å². The average Bonchev–Trinajstić information content (AvgIpc) is 2.68. The zero-order valence-corrected chi connectivity index (χ0v) is 16.8. The highest BCUT2D eigenvalue weighted by molar-refractivity contribution is 6.42. The lowest BCUT2D eigenvalue weighted by molar-refractivity contribution is 0.265. The van der Waals surface area contributed by atoms with E-state index in [9.17, 15) is 0 Å². The molecule has 1 aliphatic rings. The normalized spacial score (nSPS) is 20.6. The molecule has 1 aliphatic carbocycles. The van der Waals surface area contributed by atoms with Crippen LogP contribution in [0.3, 0.4) is 0 Å². The molecule has 0 radical (unpaired) electrons. The van der Waals surface area contributed by atoms with Crippen LogP contribution in [0.1, 0.15) is 51.0 Å². The zero-order valence-electron chi connectivity index (χ0n) is 15.3. The average molecular weight is 389 g/mol. The molecule has 0 amide bonds. The van der Waals surface area contributed by atoms with Crippen LogP contribution >= 0.6 is 23.2 Å². The molecule has 2 nitrogen and oxygen atoms in total. The summed E-state index contributed by atoms with van der Waals surface area (Å²) in [5.74, 6) is 2.44. The topological polar surface area (TPSA) is 25.8 Å². The number of rotatable bonds is 6. The number of hydrogen-bond donors (Lipinski definition) is 0. The summed E-state index contributed by atoms with van der Waals surface area (Å²) in [6.45, 7) is 2.11. The van der Waals surface area contributed by atoms with E-state index in [2.05, 4.69) is 29.0 Å². The first kappa shape index (κ1) is 19.4. The van der Waals surface area contributed by atoms with Crippen molar-refractivity contribution in [3.8, 4) is 11.4 Å². The number of allylic oxidation sites excluding steroid dienone is 2. The standard InChI is InChI=1S/C22H26Cl2N2/c1-2-3-4-16-5-7-17(8-6-16)9-10-18-14-25-22(26-15-18)19-11-12-20(23)21(24)13-19/h2-3,11-17H,4-10H2,1H3/b3-2+. The van der Waals surface area contributed by atoms with Crippen LogP contribution in [0.15, 0.2) is 42.7 Å². The molecule has 4 heteroatoms. The second-order valence-electron chi connectivity index (χ2n) is 7.27. The molecule has 1 heterocycles. The van der Waals surface area contributed by atoms with Crippen molar-refractivity contribution < 1.29 is 0 Å². The van der Waals surface area contributed by atoms with E-state index < -0.39 is 0 Å². The summed E-state index contributed by atoms with van der Waals surface area (Å²) in [5, 5.41) is 1.08. The van der Waals surface area contributed by atoms with Gasteiger partial charge in [0.15, 0.2) is 5.82 Å². The maximum atomic E-state index is 6.08. The van der Waals surface area contributed by atoms with Crippen molar-refractivity contribution in [2.24, 2.45) is 11.8 Å². The molecule has 1 fully saturated rings. The molecule has 0 N–H and O–H groups in total. The summed E-state index contributed by atoms with van der Waals surface area (Å²) in [5.41, 5.74) is 2.11. The van der Waals surface area contributed by atoms with Gasteiger partial charge in [0.2, 0.25) is 0 Å². The first-order valence-corrected chi connectivity index (χ1v) is 10.3. The molecule has 138 valence electrons. The Morgan fingerprint density at radius 1 is 1.00 bits per heavy atom. The van der Waals surface area contributed by atoms with Crippen LogP contribution < -0.4 is 0 Å². The van der Waals surface area contributed by atoms with Crippen molar-refractivity contribution in [3.05, 3.63) is 58.4 Å². The number of benzene rings is 1. The Hall–Kier alpha value is -1.38. The quantitative estimate of drug-likeness (QED) is 0.490. The Morgan fingerprint density at radius 2 is 1.69 bits per heavy atom. The fraction of sp³-hybridized carbons (Fsp3) is 0.455. The highest BCUT2D eigenvalue weighted by Gasteiger charge is 2.20. The molecule has 1 aromatic heterocycles. The minimum absolute atomic E-state index is 0.530.